The number of rotatable bonds is 7. The molecule has 0 spiro atoms. The summed E-state index contributed by atoms with van der Waals surface area (Å²) in [5.41, 5.74) is 0.831. The van der Waals surface area contributed by atoms with E-state index in [-0.39, 0.29) is 10.6 Å². The minimum Gasteiger partial charge on any atom is -0.329 e. The maximum atomic E-state index is 11.1. The van der Waals surface area contributed by atoms with Crippen molar-refractivity contribution in [2.75, 3.05) is 6.54 Å². The highest BCUT2D eigenvalue weighted by Crippen LogP contribution is 2.19. The van der Waals surface area contributed by atoms with Gasteiger partial charge in [-0.2, -0.15) is 0 Å². The van der Waals surface area contributed by atoms with Gasteiger partial charge in [0.25, 0.3) is 5.69 Å². The summed E-state index contributed by atoms with van der Waals surface area (Å²) in [6.07, 6.45) is 3.57. The highest BCUT2D eigenvalue weighted by Gasteiger charge is 2.13. The molecule has 0 aliphatic carbocycles. The first-order valence-corrected chi connectivity index (χ1v) is 7.01. The molecule has 6 heteroatoms. The van der Waals surface area contributed by atoms with Crippen molar-refractivity contribution in [3.63, 3.8) is 0 Å². The van der Waals surface area contributed by atoms with Crippen LogP contribution in [-0.4, -0.2) is 21.0 Å². The Morgan fingerprint density at radius 1 is 1.38 bits per heavy atom. The summed E-state index contributed by atoms with van der Waals surface area (Å²) in [6.45, 7) is 6.32. The molecule has 21 heavy (non-hydrogen) atoms. The molecule has 0 radical (unpaired) electrons. The number of nitro benzene ring substituents is 1. The lowest BCUT2D eigenvalue weighted by molar-refractivity contribution is -0.385. The third-order valence-corrected chi connectivity index (χ3v) is 3.17. The Bertz CT molecular complexity index is 607. The Kier molecular flexibility index (Phi) is 5.05. The molecule has 1 N–H and O–H groups in total. The van der Waals surface area contributed by atoms with Crippen LogP contribution in [0.15, 0.2) is 36.7 Å². The standard InChI is InChI=1S/C15H20N4O2/c1-12(2)9-16-10-15-17-7-8-18(15)11-13-5-3-4-6-14(13)19(20)21/h3-8,12,16H,9-11H2,1-2H3. The van der Waals surface area contributed by atoms with Gasteiger partial charge >= 0.3 is 0 Å². The Morgan fingerprint density at radius 3 is 2.86 bits per heavy atom. The summed E-state index contributed by atoms with van der Waals surface area (Å²) in [4.78, 5) is 15.0. The van der Waals surface area contributed by atoms with Gasteiger partial charge in [0, 0.05) is 24.0 Å². The van der Waals surface area contributed by atoms with Crippen LogP contribution >= 0.6 is 0 Å². The normalized spacial score (nSPS) is 11.0. The molecule has 1 heterocycles. The summed E-state index contributed by atoms with van der Waals surface area (Å²) in [7, 11) is 0. The summed E-state index contributed by atoms with van der Waals surface area (Å²) in [6, 6.07) is 6.81. The van der Waals surface area contributed by atoms with Crippen molar-refractivity contribution in [2.24, 2.45) is 5.92 Å². The summed E-state index contributed by atoms with van der Waals surface area (Å²) in [5.74, 6) is 1.46. The number of hydrogen-bond acceptors (Lipinski definition) is 4. The minimum atomic E-state index is -0.344. The van der Waals surface area contributed by atoms with Crippen LogP contribution in [0.4, 0.5) is 5.69 Å². The molecule has 0 atom stereocenters. The molecule has 0 aliphatic heterocycles. The zero-order valence-corrected chi connectivity index (χ0v) is 12.3. The van der Waals surface area contributed by atoms with Gasteiger partial charge in [0.05, 0.1) is 18.0 Å². The number of aromatic nitrogens is 2. The van der Waals surface area contributed by atoms with Gasteiger partial charge in [-0.1, -0.05) is 32.0 Å². The van der Waals surface area contributed by atoms with Gasteiger partial charge in [-0.05, 0) is 12.5 Å². The Hall–Kier alpha value is -2.21. The van der Waals surface area contributed by atoms with Gasteiger partial charge in [-0.3, -0.25) is 10.1 Å². The number of benzene rings is 1. The number of hydrogen-bond donors (Lipinski definition) is 1. The fourth-order valence-corrected chi connectivity index (χ4v) is 2.13. The first kappa shape index (κ1) is 15.2. The molecule has 0 fully saturated rings. The molecule has 0 bridgehead atoms. The van der Waals surface area contributed by atoms with Crippen LogP contribution in [0.25, 0.3) is 0 Å². The van der Waals surface area contributed by atoms with Gasteiger partial charge in [-0.15, -0.1) is 0 Å². The van der Waals surface area contributed by atoms with E-state index in [2.05, 4.69) is 24.1 Å². The number of nitro groups is 1. The smallest absolute Gasteiger partial charge is 0.274 e. The summed E-state index contributed by atoms with van der Waals surface area (Å²) in [5, 5.41) is 14.4. The van der Waals surface area contributed by atoms with Crippen LogP contribution in [0.1, 0.15) is 25.2 Å². The Balaban J connectivity index is 2.10. The predicted molar refractivity (Wildman–Crippen MR) is 81.0 cm³/mol. The van der Waals surface area contributed by atoms with E-state index in [1.54, 1.807) is 18.3 Å². The molecule has 0 saturated carbocycles. The molecule has 1 aromatic carbocycles. The van der Waals surface area contributed by atoms with Crippen LogP contribution in [0.5, 0.6) is 0 Å². The lowest BCUT2D eigenvalue weighted by atomic mass is 10.2. The second-order valence-corrected chi connectivity index (χ2v) is 5.38. The topological polar surface area (TPSA) is 73.0 Å². The second-order valence-electron chi connectivity index (χ2n) is 5.38. The minimum absolute atomic E-state index is 0.146. The quantitative estimate of drug-likeness (QED) is 0.628. The van der Waals surface area contributed by atoms with Crippen molar-refractivity contribution >= 4 is 5.69 Å². The number of imidazole rings is 1. The first-order chi connectivity index (χ1) is 10.1. The molecular formula is C15H20N4O2. The highest BCUT2D eigenvalue weighted by atomic mass is 16.6. The molecule has 0 saturated heterocycles. The number of nitrogens with one attached hydrogen (secondary N) is 1. The first-order valence-electron chi connectivity index (χ1n) is 7.01. The van der Waals surface area contributed by atoms with Crippen molar-refractivity contribution in [1.82, 2.24) is 14.9 Å². The zero-order chi connectivity index (χ0) is 15.2. The maximum Gasteiger partial charge on any atom is 0.274 e. The highest BCUT2D eigenvalue weighted by molar-refractivity contribution is 5.40. The van der Waals surface area contributed by atoms with Gasteiger partial charge < -0.3 is 9.88 Å². The Morgan fingerprint density at radius 2 is 2.14 bits per heavy atom. The van der Waals surface area contributed by atoms with Crippen LogP contribution in [0, 0.1) is 16.0 Å². The van der Waals surface area contributed by atoms with E-state index in [0.717, 1.165) is 12.4 Å². The monoisotopic (exact) mass is 288 g/mol. The fraction of sp³-hybridized carbons (Fsp3) is 0.400. The van der Waals surface area contributed by atoms with Crippen LogP contribution in [0.2, 0.25) is 0 Å². The third-order valence-electron chi connectivity index (χ3n) is 3.17. The van der Waals surface area contributed by atoms with Crippen molar-refractivity contribution in [3.05, 3.63) is 58.2 Å². The molecule has 112 valence electrons. The van der Waals surface area contributed by atoms with Crippen molar-refractivity contribution in [1.29, 1.82) is 0 Å². The number of nitrogens with zero attached hydrogens (tertiary/aromatic N) is 3. The van der Waals surface area contributed by atoms with E-state index in [0.29, 0.717) is 24.6 Å². The molecule has 0 amide bonds. The van der Waals surface area contributed by atoms with Crippen LogP contribution in [0.3, 0.4) is 0 Å². The maximum absolute atomic E-state index is 11.1. The van der Waals surface area contributed by atoms with E-state index >= 15 is 0 Å². The average molecular weight is 288 g/mol. The molecule has 0 unspecified atom stereocenters. The van der Waals surface area contributed by atoms with Crippen LogP contribution < -0.4 is 5.32 Å². The zero-order valence-electron chi connectivity index (χ0n) is 12.3. The van der Waals surface area contributed by atoms with Gasteiger partial charge in [-0.25, -0.2) is 4.98 Å². The molecule has 2 rings (SSSR count). The van der Waals surface area contributed by atoms with Gasteiger partial charge in [0.15, 0.2) is 0 Å². The van der Waals surface area contributed by atoms with Crippen molar-refractivity contribution in [2.45, 2.75) is 26.9 Å². The van der Waals surface area contributed by atoms with Crippen molar-refractivity contribution in [3.8, 4) is 0 Å². The van der Waals surface area contributed by atoms with Gasteiger partial charge in [0.2, 0.25) is 0 Å². The van der Waals surface area contributed by atoms with E-state index in [1.165, 1.54) is 6.07 Å². The van der Waals surface area contributed by atoms with E-state index < -0.39 is 0 Å². The molecule has 0 aliphatic rings. The van der Waals surface area contributed by atoms with Crippen molar-refractivity contribution < 1.29 is 4.92 Å². The summed E-state index contributed by atoms with van der Waals surface area (Å²) < 4.78 is 1.94. The fourth-order valence-electron chi connectivity index (χ4n) is 2.13. The van der Waals surface area contributed by atoms with E-state index in [1.807, 2.05) is 16.8 Å². The molecular weight excluding hydrogens is 268 g/mol. The van der Waals surface area contributed by atoms with E-state index in [4.69, 9.17) is 0 Å². The average Bonchev–Trinajstić information content (AvgIpc) is 2.86. The largest absolute Gasteiger partial charge is 0.329 e. The predicted octanol–water partition coefficient (Wildman–Crippen LogP) is 2.59. The summed E-state index contributed by atoms with van der Waals surface area (Å²) >= 11 is 0. The molecule has 1 aromatic heterocycles. The van der Waals surface area contributed by atoms with E-state index in [9.17, 15) is 10.1 Å². The van der Waals surface area contributed by atoms with Gasteiger partial charge in [0.1, 0.15) is 5.82 Å². The number of para-hydroxylation sites is 1. The second kappa shape index (κ2) is 6.99. The third kappa shape index (κ3) is 4.13. The lowest BCUT2D eigenvalue weighted by Gasteiger charge is -2.10. The van der Waals surface area contributed by atoms with Crippen LogP contribution in [-0.2, 0) is 13.1 Å². The lowest BCUT2D eigenvalue weighted by Crippen LogP contribution is -2.21. The SMILES string of the molecule is CC(C)CNCc1nccn1Cc1ccccc1[N+](=O)[O-]. The Labute approximate surface area is 124 Å². The molecule has 2 aromatic rings. The molecule has 6 nitrogen and oxygen atoms in total.